The van der Waals surface area contributed by atoms with Gasteiger partial charge < -0.3 is 18.9 Å². The summed E-state index contributed by atoms with van der Waals surface area (Å²) >= 11 is 0. The van der Waals surface area contributed by atoms with E-state index < -0.39 is 0 Å². The van der Waals surface area contributed by atoms with E-state index in [4.69, 9.17) is 18.9 Å². The number of hydrogen-bond donors (Lipinski definition) is 0. The number of hydrogen-bond acceptors (Lipinski definition) is 4. The Balaban J connectivity index is 2.22. The quantitative estimate of drug-likeness (QED) is 0.246. The Bertz CT molecular complexity index is 1540. The van der Waals surface area contributed by atoms with E-state index in [1.807, 2.05) is 6.07 Å². The number of fused-ring (bicyclic) bond motifs is 2. The SMILES string of the molecule is COc1cc2c(OC)c(-c3c(C)cc4c(C(C)C)c(C)c(C)cc4c3OC)c(C)cc2c(C(C)C)c1OC. The maximum Gasteiger partial charge on any atom is 0.164 e. The van der Waals surface area contributed by atoms with Crippen LogP contribution in [-0.2, 0) is 0 Å². The Labute approximate surface area is 227 Å². The smallest absolute Gasteiger partial charge is 0.164 e. The van der Waals surface area contributed by atoms with Gasteiger partial charge in [0.25, 0.3) is 0 Å². The Morgan fingerprint density at radius 1 is 0.474 bits per heavy atom. The molecule has 4 aromatic rings. The number of ether oxygens (including phenoxy) is 4. The maximum atomic E-state index is 6.23. The van der Waals surface area contributed by atoms with Crippen LogP contribution < -0.4 is 18.9 Å². The van der Waals surface area contributed by atoms with Crippen LogP contribution in [-0.4, -0.2) is 28.4 Å². The van der Waals surface area contributed by atoms with Crippen molar-refractivity contribution in [3.63, 3.8) is 0 Å². The zero-order chi connectivity index (χ0) is 28.0. The molecule has 0 amide bonds. The molecule has 202 valence electrons. The first-order valence-electron chi connectivity index (χ1n) is 13.4. The highest BCUT2D eigenvalue weighted by Crippen LogP contribution is 2.52. The molecule has 0 saturated carbocycles. The molecule has 0 bridgehead atoms. The third-order valence-electron chi connectivity index (χ3n) is 7.95. The minimum atomic E-state index is 0.232. The molecule has 0 N–H and O–H groups in total. The highest BCUT2D eigenvalue weighted by molar-refractivity contribution is 6.06. The third-order valence-corrected chi connectivity index (χ3v) is 7.95. The van der Waals surface area contributed by atoms with E-state index in [0.29, 0.717) is 11.7 Å². The summed E-state index contributed by atoms with van der Waals surface area (Å²) in [5.41, 5.74) is 9.51. The van der Waals surface area contributed by atoms with Crippen molar-refractivity contribution >= 4 is 21.5 Å². The minimum absolute atomic E-state index is 0.232. The maximum absolute atomic E-state index is 6.23. The summed E-state index contributed by atoms with van der Waals surface area (Å²) in [6.07, 6.45) is 0. The molecule has 0 unspecified atom stereocenters. The van der Waals surface area contributed by atoms with Crippen molar-refractivity contribution in [2.45, 2.75) is 67.2 Å². The van der Waals surface area contributed by atoms with Crippen LogP contribution in [0.4, 0.5) is 0 Å². The predicted octanol–water partition coefficient (Wildman–Crippen LogP) is 9.17. The van der Waals surface area contributed by atoms with Crippen LogP contribution in [0.1, 0.15) is 72.9 Å². The van der Waals surface area contributed by atoms with E-state index in [9.17, 15) is 0 Å². The van der Waals surface area contributed by atoms with Crippen molar-refractivity contribution in [2.75, 3.05) is 28.4 Å². The van der Waals surface area contributed by atoms with Gasteiger partial charge in [-0.2, -0.15) is 0 Å². The van der Waals surface area contributed by atoms with E-state index >= 15 is 0 Å². The zero-order valence-corrected chi connectivity index (χ0v) is 25.1. The van der Waals surface area contributed by atoms with Gasteiger partial charge in [0.2, 0.25) is 0 Å². The van der Waals surface area contributed by atoms with Crippen molar-refractivity contribution in [2.24, 2.45) is 0 Å². The Kier molecular flexibility index (Phi) is 7.56. The van der Waals surface area contributed by atoms with Crippen LogP contribution >= 0.6 is 0 Å². The van der Waals surface area contributed by atoms with Gasteiger partial charge in [-0.1, -0.05) is 39.8 Å². The molecule has 4 rings (SSSR count). The highest BCUT2D eigenvalue weighted by Gasteiger charge is 2.26. The second-order valence-electron chi connectivity index (χ2n) is 11.0. The first-order valence-corrected chi connectivity index (χ1v) is 13.4. The lowest BCUT2D eigenvalue weighted by molar-refractivity contribution is 0.351. The van der Waals surface area contributed by atoms with Crippen LogP contribution in [0.25, 0.3) is 32.7 Å². The lowest BCUT2D eigenvalue weighted by Gasteiger charge is -2.25. The second-order valence-corrected chi connectivity index (χ2v) is 11.0. The summed E-state index contributed by atoms with van der Waals surface area (Å²) in [4.78, 5) is 0. The van der Waals surface area contributed by atoms with E-state index in [0.717, 1.165) is 61.2 Å². The molecule has 0 heterocycles. The summed E-state index contributed by atoms with van der Waals surface area (Å²) < 4.78 is 24.1. The Hall–Kier alpha value is -3.40. The second kappa shape index (κ2) is 10.4. The van der Waals surface area contributed by atoms with Gasteiger partial charge in [0.05, 0.1) is 28.4 Å². The third kappa shape index (κ3) is 4.15. The molecule has 0 aliphatic rings. The van der Waals surface area contributed by atoms with Crippen molar-refractivity contribution in [1.82, 2.24) is 0 Å². The summed E-state index contributed by atoms with van der Waals surface area (Å²) in [7, 11) is 6.90. The molecule has 0 saturated heterocycles. The molecule has 4 nitrogen and oxygen atoms in total. The number of benzene rings is 4. The van der Waals surface area contributed by atoms with Crippen LogP contribution in [0.15, 0.2) is 24.3 Å². The molecule has 38 heavy (non-hydrogen) atoms. The van der Waals surface area contributed by atoms with E-state index in [1.54, 1.807) is 28.4 Å². The molecule has 0 aromatic heterocycles. The molecule has 0 fully saturated rings. The molecule has 0 atom stereocenters. The molecule has 0 spiro atoms. The number of methoxy groups -OCH3 is 4. The van der Waals surface area contributed by atoms with E-state index in [2.05, 4.69) is 73.6 Å². The normalized spacial score (nSPS) is 11.6. The van der Waals surface area contributed by atoms with Gasteiger partial charge in [0.1, 0.15) is 11.5 Å². The van der Waals surface area contributed by atoms with Gasteiger partial charge >= 0.3 is 0 Å². The van der Waals surface area contributed by atoms with Crippen molar-refractivity contribution < 1.29 is 18.9 Å². The lowest BCUT2D eigenvalue weighted by atomic mass is 9.83. The van der Waals surface area contributed by atoms with Crippen molar-refractivity contribution in [1.29, 1.82) is 0 Å². The van der Waals surface area contributed by atoms with Gasteiger partial charge in [-0.05, 0) is 90.3 Å². The topological polar surface area (TPSA) is 36.9 Å². The first kappa shape index (κ1) is 27.6. The molecular formula is C34H42O4. The van der Waals surface area contributed by atoms with Crippen LogP contribution in [0.2, 0.25) is 0 Å². The standard InChI is InChI=1S/C34H42O4/c1-17(2)28-22(8)19(5)13-25-23(28)14-20(6)30(32(25)36-10)31-21(7)15-24-26(33(31)37-11)16-27(35-9)34(38-12)29(24)18(3)4/h13-18H,1-12H3. The summed E-state index contributed by atoms with van der Waals surface area (Å²) in [5.74, 6) is 3.81. The number of rotatable bonds is 7. The highest BCUT2D eigenvalue weighted by atomic mass is 16.5. The molecule has 4 aromatic carbocycles. The Morgan fingerprint density at radius 3 is 1.32 bits per heavy atom. The monoisotopic (exact) mass is 514 g/mol. The fourth-order valence-corrected chi connectivity index (χ4v) is 6.25. The summed E-state index contributed by atoms with van der Waals surface area (Å²) in [6, 6.07) is 8.89. The molecule has 0 aliphatic heterocycles. The van der Waals surface area contributed by atoms with Gasteiger partial charge in [-0.3, -0.25) is 0 Å². The fourth-order valence-electron chi connectivity index (χ4n) is 6.25. The number of aryl methyl sites for hydroxylation is 3. The average molecular weight is 515 g/mol. The van der Waals surface area contributed by atoms with Crippen LogP contribution in [0.5, 0.6) is 23.0 Å². The van der Waals surface area contributed by atoms with Gasteiger partial charge in [0.15, 0.2) is 11.5 Å². The largest absolute Gasteiger partial charge is 0.495 e. The average Bonchev–Trinajstić information content (AvgIpc) is 2.87. The molecular weight excluding hydrogens is 472 g/mol. The van der Waals surface area contributed by atoms with Gasteiger partial charge in [-0.25, -0.2) is 0 Å². The molecule has 0 aliphatic carbocycles. The Morgan fingerprint density at radius 2 is 0.895 bits per heavy atom. The first-order chi connectivity index (χ1) is 18.0. The van der Waals surface area contributed by atoms with Crippen LogP contribution in [0, 0.1) is 27.7 Å². The van der Waals surface area contributed by atoms with Gasteiger partial charge in [0, 0.05) is 27.5 Å². The fraction of sp³-hybridized carbons (Fsp3) is 0.412. The lowest BCUT2D eigenvalue weighted by Crippen LogP contribution is -2.04. The van der Waals surface area contributed by atoms with Crippen molar-refractivity contribution in [3.05, 3.63) is 57.6 Å². The zero-order valence-electron chi connectivity index (χ0n) is 25.1. The summed E-state index contributed by atoms with van der Waals surface area (Å²) in [6.45, 7) is 17.6. The van der Waals surface area contributed by atoms with E-state index in [-0.39, 0.29) is 5.92 Å². The van der Waals surface area contributed by atoms with E-state index in [1.165, 1.54) is 22.1 Å². The molecule has 4 heteroatoms. The predicted molar refractivity (Wildman–Crippen MR) is 160 cm³/mol. The molecule has 0 radical (unpaired) electrons. The minimum Gasteiger partial charge on any atom is -0.495 e. The summed E-state index contributed by atoms with van der Waals surface area (Å²) in [5, 5.41) is 4.50. The van der Waals surface area contributed by atoms with Crippen molar-refractivity contribution in [3.8, 4) is 34.1 Å². The van der Waals surface area contributed by atoms with Crippen LogP contribution in [0.3, 0.4) is 0 Å². The van der Waals surface area contributed by atoms with Gasteiger partial charge in [-0.15, -0.1) is 0 Å².